The van der Waals surface area contributed by atoms with E-state index in [4.69, 9.17) is 4.74 Å². The molecule has 0 saturated heterocycles. The summed E-state index contributed by atoms with van der Waals surface area (Å²) < 4.78 is 4.95. The third kappa shape index (κ3) is 6.59. The lowest BCUT2D eigenvalue weighted by Crippen LogP contribution is -2.15. The molecular formula is C20H21NO4. The van der Waals surface area contributed by atoms with Crippen molar-refractivity contribution in [1.29, 1.82) is 0 Å². The molecule has 0 heterocycles. The van der Waals surface area contributed by atoms with Crippen molar-refractivity contribution in [3.63, 3.8) is 0 Å². The number of carbonyl (C=O) groups excluding carboxylic acids is 3. The van der Waals surface area contributed by atoms with Gasteiger partial charge in [-0.05, 0) is 25.5 Å². The van der Waals surface area contributed by atoms with Crippen LogP contribution in [0.1, 0.15) is 35.2 Å². The van der Waals surface area contributed by atoms with Crippen molar-refractivity contribution < 1.29 is 19.1 Å². The van der Waals surface area contributed by atoms with Crippen molar-refractivity contribution in [3.05, 3.63) is 65.7 Å². The third-order valence-corrected chi connectivity index (χ3v) is 3.58. The maximum atomic E-state index is 11.8. The summed E-state index contributed by atoms with van der Waals surface area (Å²) in [4.78, 5) is 35.3. The number of aryl methyl sites for hydroxylation is 1. The first-order valence-corrected chi connectivity index (χ1v) is 8.15. The number of ether oxygens (including phenoxy) is 1. The van der Waals surface area contributed by atoms with Crippen molar-refractivity contribution in [2.45, 2.75) is 26.2 Å². The summed E-state index contributed by atoms with van der Waals surface area (Å²) in [6, 6.07) is 16.1. The minimum atomic E-state index is -0.479. The Hall–Kier alpha value is -2.95. The molecule has 0 spiro atoms. The molecule has 0 aliphatic heterocycles. The van der Waals surface area contributed by atoms with E-state index in [2.05, 4.69) is 5.32 Å². The quantitative estimate of drug-likeness (QED) is 0.590. The minimum Gasteiger partial charge on any atom is -0.457 e. The molecule has 0 radical (unpaired) electrons. The number of hydrogen-bond acceptors (Lipinski definition) is 4. The minimum absolute atomic E-state index is 0.101. The fraction of sp³-hybridized carbons (Fsp3) is 0.250. The van der Waals surface area contributed by atoms with Gasteiger partial charge in [0, 0.05) is 24.1 Å². The first kappa shape index (κ1) is 18.4. The van der Waals surface area contributed by atoms with Crippen molar-refractivity contribution >= 4 is 23.3 Å². The van der Waals surface area contributed by atoms with E-state index in [1.54, 1.807) is 24.3 Å². The summed E-state index contributed by atoms with van der Waals surface area (Å²) in [5, 5.41) is 2.77. The van der Waals surface area contributed by atoms with Gasteiger partial charge < -0.3 is 10.1 Å². The molecule has 130 valence electrons. The molecule has 5 heteroatoms. The lowest BCUT2D eigenvalue weighted by Gasteiger charge is -2.06. The Morgan fingerprint density at radius 1 is 0.920 bits per heavy atom. The first-order chi connectivity index (χ1) is 12.0. The standard InChI is InChI=1S/C20H21NO4/c1-15-10-12-17(13-11-15)21-19(23)8-5-9-20(24)25-14-18(22)16-6-3-2-4-7-16/h2-4,6-7,10-13H,5,8-9,14H2,1H3,(H,21,23). The van der Waals surface area contributed by atoms with Gasteiger partial charge in [-0.3, -0.25) is 14.4 Å². The van der Waals surface area contributed by atoms with E-state index in [1.807, 2.05) is 37.3 Å². The van der Waals surface area contributed by atoms with E-state index in [1.165, 1.54) is 0 Å². The molecule has 1 amide bonds. The van der Waals surface area contributed by atoms with Crippen molar-refractivity contribution in [2.75, 3.05) is 11.9 Å². The normalized spacial score (nSPS) is 10.1. The Bertz CT molecular complexity index is 723. The lowest BCUT2D eigenvalue weighted by molar-refractivity contribution is -0.142. The Morgan fingerprint density at radius 3 is 2.28 bits per heavy atom. The van der Waals surface area contributed by atoms with Crippen molar-refractivity contribution in [3.8, 4) is 0 Å². The Labute approximate surface area is 147 Å². The van der Waals surface area contributed by atoms with Crippen LogP contribution in [0.15, 0.2) is 54.6 Å². The van der Waals surface area contributed by atoms with Crippen LogP contribution in [0.2, 0.25) is 0 Å². The number of ketones is 1. The van der Waals surface area contributed by atoms with Gasteiger partial charge in [0.25, 0.3) is 0 Å². The van der Waals surface area contributed by atoms with E-state index < -0.39 is 5.97 Å². The molecule has 0 aromatic heterocycles. The molecule has 5 nitrogen and oxygen atoms in total. The van der Waals surface area contributed by atoms with Crippen LogP contribution in [0.25, 0.3) is 0 Å². The maximum Gasteiger partial charge on any atom is 0.306 e. The summed E-state index contributed by atoms with van der Waals surface area (Å²) >= 11 is 0. The van der Waals surface area contributed by atoms with Gasteiger partial charge in [-0.15, -0.1) is 0 Å². The average Bonchev–Trinajstić information content (AvgIpc) is 2.62. The number of benzene rings is 2. The molecule has 0 aliphatic carbocycles. The number of anilines is 1. The molecular weight excluding hydrogens is 318 g/mol. The van der Waals surface area contributed by atoms with E-state index in [0.29, 0.717) is 12.0 Å². The second-order valence-electron chi connectivity index (χ2n) is 5.72. The molecule has 0 aliphatic rings. The van der Waals surface area contributed by atoms with Crippen LogP contribution in [0.5, 0.6) is 0 Å². The van der Waals surface area contributed by atoms with Gasteiger partial charge in [0.15, 0.2) is 12.4 Å². The maximum absolute atomic E-state index is 11.8. The summed E-state index contributed by atoms with van der Waals surface area (Å²) in [7, 11) is 0. The van der Waals surface area contributed by atoms with Crippen LogP contribution in [-0.4, -0.2) is 24.3 Å². The van der Waals surface area contributed by atoms with Gasteiger partial charge in [-0.2, -0.15) is 0 Å². The van der Waals surface area contributed by atoms with Crippen LogP contribution in [0.3, 0.4) is 0 Å². The molecule has 0 fully saturated rings. The number of rotatable bonds is 8. The largest absolute Gasteiger partial charge is 0.457 e. The highest BCUT2D eigenvalue weighted by Gasteiger charge is 2.10. The molecule has 0 saturated carbocycles. The Kier molecular flexibility index (Phi) is 6.89. The zero-order valence-electron chi connectivity index (χ0n) is 14.2. The van der Waals surface area contributed by atoms with E-state index in [-0.39, 0.29) is 31.1 Å². The number of amides is 1. The summed E-state index contributed by atoms with van der Waals surface area (Å²) in [5.41, 5.74) is 2.35. The molecule has 1 N–H and O–H groups in total. The predicted molar refractivity (Wildman–Crippen MR) is 95.4 cm³/mol. The van der Waals surface area contributed by atoms with Crippen LogP contribution in [0, 0.1) is 6.92 Å². The summed E-state index contributed by atoms with van der Waals surface area (Å²) in [5.74, 6) is -0.879. The number of carbonyl (C=O) groups is 3. The average molecular weight is 339 g/mol. The number of nitrogens with one attached hydrogen (secondary N) is 1. The molecule has 0 bridgehead atoms. The number of hydrogen-bond donors (Lipinski definition) is 1. The second kappa shape index (κ2) is 9.37. The monoisotopic (exact) mass is 339 g/mol. The zero-order valence-corrected chi connectivity index (χ0v) is 14.2. The molecule has 0 atom stereocenters. The highest BCUT2D eigenvalue weighted by atomic mass is 16.5. The fourth-order valence-electron chi connectivity index (χ4n) is 2.18. The highest BCUT2D eigenvalue weighted by molar-refractivity contribution is 5.97. The number of esters is 1. The molecule has 0 unspecified atom stereocenters. The Morgan fingerprint density at radius 2 is 1.60 bits per heavy atom. The van der Waals surface area contributed by atoms with Gasteiger partial charge in [0.2, 0.25) is 5.91 Å². The topological polar surface area (TPSA) is 72.5 Å². The van der Waals surface area contributed by atoms with Gasteiger partial charge >= 0.3 is 5.97 Å². The first-order valence-electron chi connectivity index (χ1n) is 8.15. The molecule has 2 aromatic carbocycles. The zero-order chi connectivity index (χ0) is 18.1. The van der Waals surface area contributed by atoms with Crippen LogP contribution in [-0.2, 0) is 14.3 Å². The molecule has 25 heavy (non-hydrogen) atoms. The van der Waals surface area contributed by atoms with Crippen molar-refractivity contribution in [1.82, 2.24) is 0 Å². The van der Waals surface area contributed by atoms with Crippen LogP contribution >= 0.6 is 0 Å². The van der Waals surface area contributed by atoms with Crippen molar-refractivity contribution in [2.24, 2.45) is 0 Å². The third-order valence-electron chi connectivity index (χ3n) is 3.58. The number of Topliss-reactive ketones (excluding diaryl/α,β-unsaturated/α-hetero) is 1. The van der Waals surface area contributed by atoms with Gasteiger partial charge in [-0.25, -0.2) is 0 Å². The summed E-state index contributed by atoms with van der Waals surface area (Å²) in [6.07, 6.45) is 0.690. The second-order valence-corrected chi connectivity index (χ2v) is 5.72. The fourth-order valence-corrected chi connectivity index (χ4v) is 2.18. The van der Waals surface area contributed by atoms with E-state index >= 15 is 0 Å². The SMILES string of the molecule is Cc1ccc(NC(=O)CCCC(=O)OCC(=O)c2ccccc2)cc1. The highest BCUT2D eigenvalue weighted by Crippen LogP contribution is 2.10. The lowest BCUT2D eigenvalue weighted by atomic mass is 10.1. The van der Waals surface area contributed by atoms with Gasteiger partial charge in [0.1, 0.15) is 0 Å². The summed E-state index contributed by atoms with van der Waals surface area (Å²) in [6.45, 7) is 1.69. The molecule has 2 aromatic rings. The Balaban J connectivity index is 1.64. The van der Waals surface area contributed by atoms with E-state index in [0.717, 1.165) is 11.3 Å². The molecule has 2 rings (SSSR count). The predicted octanol–water partition coefficient (Wildman–Crippen LogP) is 3.53. The smallest absolute Gasteiger partial charge is 0.306 e. The van der Waals surface area contributed by atoms with Gasteiger partial charge in [0.05, 0.1) is 0 Å². The van der Waals surface area contributed by atoms with Crippen LogP contribution in [0.4, 0.5) is 5.69 Å². The van der Waals surface area contributed by atoms with Gasteiger partial charge in [-0.1, -0.05) is 48.0 Å². The van der Waals surface area contributed by atoms with E-state index in [9.17, 15) is 14.4 Å². The van der Waals surface area contributed by atoms with Crippen LogP contribution < -0.4 is 5.32 Å².